The molecule has 5 nitrogen and oxygen atoms in total. The van der Waals surface area contributed by atoms with Crippen LogP contribution in [0.2, 0.25) is 0 Å². The van der Waals surface area contributed by atoms with E-state index in [1.54, 1.807) is 11.0 Å². The summed E-state index contributed by atoms with van der Waals surface area (Å²) in [6.45, 7) is 2.18. The van der Waals surface area contributed by atoms with Crippen LogP contribution in [0.25, 0.3) is 6.08 Å². The third kappa shape index (κ3) is 3.51. The van der Waals surface area contributed by atoms with E-state index in [4.69, 9.17) is 12.2 Å². The molecule has 0 aromatic heterocycles. The molecule has 1 N–H and O–H groups in total. The van der Waals surface area contributed by atoms with Crippen LogP contribution in [0.3, 0.4) is 0 Å². The van der Waals surface area contributed by atoms with Crippen molar-refractivity contribution in [1.82, 2.24) is 10.2 Å². The third-order valence-corrected chi connectivity index (χ3v) is 5.52. The van der Waals surface area contributed by atoms with Crippen molar-refractivity contribution in [3.05, 3.63) is 35.4 Å². The van der Waals surface area contributed by atoms with E-state index in [2.05, 4.69) is 22.3 Å². The Labute approximate surface area is 159 Å². The average Bonchev–Trinajstić information content (AvgIpc) is 3.46. The van der Waals surface area contributed by atoms with Gasteiger partial charge in [-0.15, -0.1) is 0 Å². The van der Waals surface area contributed by atoms with E-state index in [1.165, 1.54) is 31.4 Å². The third-order valence-electron chi connectivity index (χ3n) is 5.22. The molecule has 26 heavy (non-hydrogen) atoms. The van der Waals surface area contributed by atoms with Crippen LogP contribution in [0.5, 0.6) is 0 Å². The van der Waals surface area contributed by atoms with E-state index >= 15 is 0 Å². The number of rotatable bonds is 3. The summed E-state index contributed by atoms with van der Waals surface area (Å²) in [6.07, 6.45) is 8.63. The van der Waals surface area contributed by atoms with Gasteiger partial charge in [-0.1, -0.05) is 25.0 Å². The van der Waals surface area contributed by atoms with Crippen LogP contribution < -0.4 is 10.2 Å². The lowest BCUT2D eigenvalue weighted by molar-refractivity contribution is -0.129. The molecule has 2 heterocycles. The number of benzene rings is 1. The summed E-state index contributed by atoms with van der Waals surface area (Å²) < 4.78 is 0. The topological polar surface area (TPSA) is 52.7 Å². The first-order valence-electron chi connectivity index (χ1n) is 9.39. The summed E-state index contributed by atoms with van der Waals surface area (Å²) in [5.41, 5.74) is 2.22. The Morgan fingerprint density at radius 3 is 2.27 bits per heavy atom. The molecular weight excluding hydrogens is 346 g/mol. The summed E-state index contributed by atoms with van der Waals surface area (Å²) in [5.74, 6) is -0.689. The summed E-state index contributed by atoms with van der Waals surface area (Å²) in [5, 5.41) is 2.88. The van der Waals surface area contributed by atoms with Crippen molar-refractivity contribution in [3.8, 4) is 0 Å². The van der Waals surface area contributed by atoms with Crippen LogP contribution in [-0.4, -0.2) is 41.0 Å². The van der Waals surface area contributed by atoms with Gasteiger partial charge in [0, 0.05) is 24.8 Å². The summed E-state index contributed by atoms with van der Waals surface area (Å²) >= 11 is 5.16. The van der Waals surface area contributed by atoms with Gasteiger partial charge >= 0.3 is 0 Å². The van der Waals surface area contributed by atoms with Gasteiger partial charge in [-0.2, -0.15) is 0 Å². The minimum atomic E-state index is -0.409. The highest BCUT2D eigenvalue weighted by molar-refractivity contribution is 7.80. The van der Waals surface area contributed by atoms with Gasteiger partial charge in [0.25, 0.3) is 11.8 Å². The van der Waals surface area contributed by atoms with Crippen LogP contribution in [0.1, 0.15) is 44.1 Å². The van der Waals surface area contributed by atoms with Crippen LogP contribution in [0, 0.1) is 0 Å². The predicted molar refractivity (Wildman–Crippen MR) is 106 cm³/mol. The van der Waals surface area contributed by atoms with E-state index in [-0.39, 0.29) is 22.6 Å². The quantitative estimate of drug-likeness (QED) is 0.506. The summed E-state index contributed by atoms with van der Waals surface area (Å²) in [6, 6.07) is 8.24. The second-order valence-electron chi connectivity index (χ2n) is 7.22. The van der Waals surface area contributed by atoms with Crippen LogP contribution in [0.4, 0.5) is 5.69 Å². The number of anilines is 1. The lowest BCUT2D eigenvalue weighted by atomic mass is 10.1. The zero-order chi connectivity index (χ0) is 18.1. The number of carbonyl (C=O) groups is 2. The molecule has 1 saturated carbocycles. The van der Waals surface area contributed by atoms with Crippen molar-refractivity contribution in [3.63, 3.8) is 0 Å². The SMILES string of the molecule is O=C1NC(=S)N(C2CC2)C(=O)C1=Cc1ccc(N2CCCCCC2)cc1. The van der Waals surface area contributed by atoms with E-state index < -0.39 is 5.91 Å². The van der Waals surface area contributed by atoms with E-state index in [1.807, 2.05) is 12.1 Å². The normalized spacial score (nSPS) is 23.2. The van der Waals surface area contributed by atoms with Crippen molar-refractivity contribution in [2.75, 3.05) is 18.0 Å². The molecule has 3 aliphatic rings. The summed E-state index contributed by atoms with van der Waals surface area (Å²) in [7, 11) is 0. The maximum Gasteiger partial charge on any atom is 0.265 e. The van der Waals surface area contributed by atoms with Gasteiger partial charge in [-0.05, 0) is 61.7 Å². The van der Waals surface area contributed by atoms with E-state index in [0.717, 1.165) is 31.5 Å². The number of carbonyl (C=O) groups excluding carboxylic acids is 2. The first kappa shape index (κ1) is 17.2. The van der Waals surface area contributed by atoms with Crippen LogP contribution in [0.15, 0.2) is 29.8 Å². The maximum absolute atomic E-state index is 12.7. The molecule has 3 fully saturated rings. The number of thiocarbonyl (C=S) groups is 1. The fourth-order valence-electron chi connectivity index (χ4n) is 3.61. The number of nitrogens with one attached hydrogen (secondary N) is 1. The molecule has 0 bridgehead atoms. The van der Waals surface area contributed by atoms with E-state index in [9.17, 15) is 9.59 Å². The predicted octanol–water partition coefficient (Wildman–Crippen LogP) is 2.86. The number of nitrogens with zero attached hydrogens (tertiary/aromatic N) is 2. The van der Waals surface area contributed by atoms with Crippen molar-refractivity contribution in [1.29, 1.82) is 0 Å². The monoisotopic (exact) mass is 369 g/mol. The van der Waals surface area contributed by atoms with E-state index in [0.29, 0.717) is 0 Å². The van der Waals surface area contributed by atoms with Crippen molar-refractivity contribution in [2.45, 2.75) is 44.6 Å². The molecule has 1 aromatic rings. The molecule has 0 unspecified atom stereocenters. The Hall–Kier alpha value is -2.21. The second kappa shape index (κ2) is 7.19. The van der Waals surface area contributed by atoms with Crippen LogP contribution >= 0.6 is 12.2 Å². The second-order valence-corrected chi connectivity index (χ2v) is 7.60. The highest BCUT2D eigenvalue weighted by atomic mass is 32.1. The van der Waals surface area contributed by atoms with Crippen molar-refractivity contribution < 1.29 is 9.59 Å². The average molecular weight is 369 g/mol. The molecule has 2 aliphatic heterocycles. The highest BCUT2D eigenvalue weighted by Crippen LogP contribution is 2.30. The largest absolute Gasteiger partial charge is 0.372 e. The standard InChI is InChI=1S/C20H23N3O2S/c24-18-17(19(25)23(16-9-10-16)20(26)21-18)13-14-5-7-15(8-6-14)22-11-3-1-2-4-12-22/h5-8,13,16H,1-4,9-12H2,(H,21,24,26). The molecule has 0 atom stereocenters. The van der Waals surface area contributed by atoms with Gasteiger partial charge in [0.05, 0.1) is 0 Å². The lowest BCUT2D eigenvalue weighted by Gasteiger charge is -2.28. The lowest BCUT2D eigenvalue weighted by Crippen LogP contribution is -2.54. The van der Waals surface area contributed by atoms with Gasteiger partial charge in [0.1, 0.15) is 5.57 Å². The minimum absolute atomic E-state index is 0.143. The van der Waals surface area contributed by atoms with Crippen molar-refractivity contribution in [2.24, 2.45) is 0 Å². The molecule has 2 saturated heterocycles. The fourth-order valence-corrected chi connectivity index (χ4v) is 3.94. The first-order chi connectivity index (χ1) is 12.6. The maximum atomic E-state index is 12.7. The molecule has 6 heteroatoms. The Kier molecular flexibility index (Phi) is 4.76. The van der Waals surface area contributed by atoms with Crippen LogP contribution in [-0.2, 0) is 9.59 Å². The number of amides is 2. The number of hydrogen-bond acceptors (Lipinski definition) is 4. The Morgan fingerprint density at radius 2 is 1.65 bits per heavy atom. The molecule has 1 aromatic carbocycles. The highest BCUT2D eigenvalue weighted by Gasteiger charge is 2.41. The molecule has 0 radical (unpaired) electrons. The Morgan fingerprint density at radius 1 is 1.00 bits per heavy atom. The molecule has 4 rings (SSSR count). The molecular formula is C20H23N3O2S. The van der Waals surface area contributed by atoms with Gasteiger partial charge in [0.2, 0.25) is 0 Å². The molecule has 2 amide bonds. The molecule has 0 spiro atoms. The first-order valence-corrected chi connectivity index (χ1v) is 9.80. The Balaban J connectivity index is 1.54. The Bertz CT molecular complexity index is 760. The van der Waals surface area contributed by atoms with Gasteiger partial charge in [-0.25, -0.2) is 0 Å². The molecule has 1 aliphatic carbocycles. The molecule has 136 valence electrons. The van der Waals surface area contributed by atoms with Gasteiger partial charge < -0.3 is 4.90 Å². The zero-order valence-corrected chi connectivity index (χ0v) is 15.6. The number of hydrogen-bond donors (Lipinski definition) is 1. The summed E-state index contributed by atoms with van der Waals surface area (Å²) in [4.78, 5) is 28.9. The minimum Gasteiger partial charge on any atom is -0.372 e. The zero-order valence-electron chi connectivity index (χ0n) is 14.7. The smallest absolute Gasteiger partial charge is 0.265 e. The van der Waals surface area contributed by atoms with Crippen molar-refractivity contribution >= 4 is 40.9 Å². The fraction of sp³-hybridized carbons (Fsp3) is 0.450. The van der Waals surface area contributed by atoms with Gasteiger partial charge in [-0.3, -0.25) is 19.8 Å². The van der Waals surface area contributed by atoms with Gasteiger partial charge in [0.15, 0.2) is 5.11 Å².